The van der Waals surface area contributed by atoms with Crippen LogP contribution in [0.4, 0.5) is 0 Å². The van der Waals surface area contributed by atoms with Crippen LogP contribution in [0.1, 0.15) is 44.8 Å². The van der Waals surface area contributed by atoms with Crippen molar-refractivity contribution in [1.82, 2.24) is 5.32 Å². The molecule has 0 saturated heterocycles. The Bertz CT molecular complexity index is 660. The lowest BCUT2D eigenvalue weighted by Crippen LogP contribution is -2.26. The van der Waals surface area contributed by atoms with Crippen LogP contribution in [-0.4, -0.2) is 19.0 Å². The van der Waals surface area contributed by atoms with E-state index in [9.17, 15) is 9.59 Å². The van der Waals surface area contributed by atoms with Gasteiger partial charge in [0.25, 0.3) is 5.91 Å². The average Bonchev–Trinajstić information content (AvgIpc) is 2.54. The molecule has 1 amide bonds. The maximum atomic E-state index is 12.2. The maximum absolute atomic E-state index is 12.2. The van der Waals surface area contributed by atoms with Crippen molar-refractivity contribution < 1.29 is 14.3 Å². The van der Waals surface area contributed by atoms with Crippen LogP contribution in [0.3, 0.4) is 0 Å². The van der Waals surface area contributed by atoms with Crippen LogP contribution in [0.25, 0.3) is 0 Å². The predicted molar refractivity (Wildman–Crippen MR) is 84.8 cm³/mol. The van der Waals surface area contributed by atoms with E-state index in [4.69, 9.17) is 0 Å². The highest BCUT2D eigenvalue weighted by molar-refractivity contribution is 5.96. The molecule has 2 rings (SSSR count). The summed E-state index contributed by atoms with van der Waals surface area (Å²) in [4.78, 5) is 23.6. The van der Waals surface area contributed by atoms with Gasteiger partial charge in [0.05, 0.1) is 18.7 Å². The van der Waals surface area contributed by atoms with E-state index in [2.05, 4.69) is 10.1 Å². The number of carbonyl (C=O) groups excluding carboxylic acids is 2. The Morgan fingerprint density at radius 1 is 0.955 bits per heavy atom. The Hall–Kier alpha value is -2.62. The molecule has 2 aromatic carbocycles. The third-order valence-electron chi connectivity index (χ3n) is 3.49. The predicted octanol–water partition coefficient (Wildman–Crippen LogP) is 3.27. The molecule has 0 aliphatic heterocycles. The number of aryl methyl sites for hydroxylation is 1. The van der Waals surface area contributed by atoms with Crippen molar-refractivity contribution in [2.45, 2.75) is 19.9 Å². The van der Waals surface area contributed by atoms with Crippen LogP contribution in [0.15, 0.2) is 48.5 Å². The Morgan fingerprint density at radius 2 is 1.50 bits per heavy atom. The van der Waals surface area contributed by atoms with Crippen LogP contribution in [0, 0.1) is 6.92 Å². The third-order valence-corrected chi connectivity index (χ3v) is 3.49. The van der Waals surface area contributed by atoms with E-state index in [0.717, 1.165) is 5.56 Å². The van der Waals surface area contributed by atoms with E-state index < -0.39 is 5.97 Å². The normalized spacial score (nSPS) is 11.6. The molecule has 1 atom stereocenters. The molecule has 4 nitrogen and oxygen atoms in total. The van der Waals surface area contributed by atoms with Crippen molar-refractivity contribution >= 4 is 11.9 Å². The quantitative estimate of drug-likeness (QED) is 0.881. The lowest BCUT2D eigenvalue weighted by atomic mass is 10.1. The lowest BCUT2D eigenvalue weighted by molar-refractivity contribution is 0.0600. The summed E-state index contributed by atoms with van der Waals surface area (Å²) in [7, 11) is 1.33. The smallest absolute Gasteiger partial charge is 0.337 e. The number of nitrogens with one attached hydrogen (secondary N) is 1. The first-order chi connectivity index (χ1) is 10.5. The van der Waals surface area contributed by atoms with Gasteiger partial charge in [-0.1, -0.05) is 29.8 Å². The highest BCUT2D eigenvalue weighted by Gasteiger charge is 2.12. The number of carbonyl (C=O) groups is 2. The molecule has 4 heteroatoms. The van der Waals surface area contributed by atoms with Crippen LogP contribution in [0.5, 0.6) is 0 Å². The van der Waals surface area contributed by atoms with Crippen molar-refractivity contribution in [3.05, 3.63) is 70.8 Å². The molecule has 0 aliphatic rings. The van der Waals surface area contributed by atoms with Crippen molar-refractivity contribution in [2.75, 3.05) is 7.11 Å². The van der Waals surface area contributed by atoms with Crippen molar-refractivity contribution in [3.8, 4) is 0 Å². The third kappa shape index (κ3) is 3.73. The van der Waals surface area contributed by atoms with Gasteiger partial charge in [0, 0.05) is 5.56 Å². The van der Waals surface area contributed by atoms with Gasteiger partial charge in [-0.15, -0.1) is 0 Å². The topological polar surface area (TPSA) is 55.4 Å². The van der Waals surface area contributed by atoms with Gasteiger partial charge in [-0.25, -0.2) is 4.79 Å². The van der Waals surface area contributed by atoms with E-state index in [0.29, 0.717) is 11.1 Å². The monoisotopic (exact) mass is 297 g/mol. The molecule has 0 spiro atoms. The van der Waals surface area contributed by atoms with Gasteiger partial charge in [-0.3, -0.25) is 4.79 Å². The van der Waals surface area contributed by atoms with Crippen LogP contribution in [-0.2, 0) is 4.74 Å². The molecule has 22 heavy (non-hydrogen) atoms. The van der Waals surface area contributed by atoms with E-state index in [1.165, 1.54) is 12.7 Å². The van der Waals surface area contributed by atoms with Crippen molar-refractivity contribution in [2.24, 2.45) is 0 Å². The largest absolute Gasteiger partial charge is 0.465 e. The molecule has 0 fully saturated rings. The first-order valence-corrected chi connectivity index (χ1v) is 7.07. The summed E-state index contributed by atoms with van der Waals surface area (Å²) >= 11 is 0. The van der Waals surface area contributed by atoms with Crippen molar-refractivity contribution in [1.29, 1.82) is 0 Å². The standard InChI is InChI=1S/C18H19NO3/c1-12-4-6-14(7-5-12)13(2)19-17(20)15-8-10-16(11-9-15)18(21)22-3/h4-11,13H,1-3H3,(H,19,20). The zero-order chi connectivity index (χ0) is 16.1. The van der Waals surface area contributed by atoms with Crippen LogP contribution < -0.4 is 5.32 Å². The fraction of sp³-hybridized carbons (Fsp3) is 0.222. The summed E-state index contributed by atoms with van der Waals surface area (Å²) in [5.74, 6) is -0.593. The Kier molecular flexibility index (Phi) is 4.94. The first-order valence-electron chi connectivity index (χ1n) is 7.07. The molecular weight excluding hydrogens is 278 g/mol. The molecule has 1 unspecified atom stereocenters. The van der Waals surface area contributed by atoms with E-state index in [1.807, 2.05) is 38.1 Å². The van der Waals surface area contributed by atoms with E-state index in [1.54, 1.807) is 24.3 Å². The molecule has 0 saturated carbocycles. The van der Waals surface area contributed by atoms with Gasteiger partial charge in [-0.05, 0) is 43.7 Å². The van der Waals surface area contributed by atoms with Gasteiger partial charge in [0.2, 0.25) is 0 Å². The maximum Gasteiger partial charge on any atom is 0.337 e. The van der Waals surface area contributed by atoms with Gasteiger partial charge in [0.15, 0.2) is 0 Å². The number of hydrogen-bond acceptors (Lipinski definition) is 3. The molecule has 0 aromatic heterocycles. The molecule has 0 bridgehead atoms. The second-order valence-electron chi connectivity index (χ2n) is 5.17. The first kappa shape index (κ1) is 15.8. The highest BCUT2D eigenvalue weighted by Crippen LogP contribution is 2.14. The number of amides is 1. The van der Waals surface area contributed by atoms with E-state index >= 15 is 0 Å². The summed E-state index contributed by atoms with van der Waals surface area (Å²) in [5, 5.41) is 2.94. The lowest BCUT2D eigenvalue weighted by Gasteiger charge is -2.14. The van der Waals surface area contributed by atoms with E-state index in [-0.39, 0.29) is 11.9 Å². The minimum atomic E-state index is -0.417. The number of methoxy groups -OCH3 is 1. The SMILES string of the molecule is COC(=O)c1ccc(C(=O)NC(C)c2ccc(C)cc2)cc1. The van der Waals surface area contributed by atoms with Crippen LogP contribution >= 0.6 is 0 Å². The molecule has 0 aliphatic carbocycles. The summed E-state index contributed by atoms with van der Waals surface area (Å²) in [5.41, 5.74) is 3.16. The summed E-state index contributed by atoms with van der Waals surface area (Å²) in [6.07, 6.45) is 0. The number of ether oxygens (including phenoxy) is 1. The van der Waals surface area contributed by atoms with Gasteiger partial charge >= 0.3 is 5.97 Å². The number of benzene rings is 2. The Balaban J connectivity index is 2.05. The summed E-state index contributed by atoms with van der Waals surface area (Å²) < 4.78 is 4.63. The molecule has 114 valence electrons. The Labute approximate surface area is 130 Å². The Morgan fingerprint density at radius 3 is 2.05 bits per heavy atom. The minimum absolute atomic E-state index is 0.0895. The minimum Gasteiger partial charge on any atom is -0.465 e. The average molecular weight is 297 g/mol. The second kappa shape index (κ2) is 6.89. The fourth-order valence-electron chi connectivity index (χ4n) is 2.09. The zero-order valence-electron chi connectivity index (χ0n) is 12.9. The summed E-state index contributed by atoms with van der Waals surface area (Å²) in [6.45, 7) is 3.96. The van der Waals surface area contributed by atoms with Gasteiger partial charge in [0.1, 0.15) is 0 Å². The molecule has 2 aromatic rings. The number of hydrogen-bond donors (Lipinski definition) is 1. The zero-order valence-corrected chi connectivity index (χ0v) is 12.9. The van der Waals surface area contributed by atoms with Crippen LogP contribution in [0.2, 0.25) is 0 Å². The molecule has 0 heterocycles. The molecule has 0 radical (unpaired) electrons. The van der Waals surface area contributed by atoms with Crippen molar-refractivity contribution in [3.63, 3.8) is 0 Å². The molecular formula is C18H19NO3. The number of esters is 1. The highest BCUT2D eigenvalue weighted by atomic mass is 16.5. The second-order valence-corrected chi connectivity index (χ2v) is 5.17. The van der Waals surface area contributed by atoms with Gasteiger partial charge < -0.3 is 10.1 Å². The fourth-order valence-corrected chi connectivity index (χ4v) is 2.09. The summed E-state index contributed by atoms with van der Waals surface area (Å²) in [6, 6.07) is 14.3. The van der Waals surface area contributed by atoms with Gasteiger partial charge in [-0.2, -0.15) is 0 Å². The number of rotatable bonds is 4. The molecule has 1 N–H and O–H groups in total.